The number of nitrogens with zero attached hydrogens (tertiary/aromatic N) is 1. The van der Waals surface area contributed by atoms with E-state index in [1.54, 1.807) is 6.07 Å². The number of nitrogen functional groups attached to an aromatic ring is 1. The van der Waals surface area contributed by atoms with E-state index in [0.717, 1.165) is 0 Å². The molecule has 0 bridgehead atoms. The van der Waals surface area contributed by atoms with Gasteiger partial charge in [-0.2, -0.15) is 0 Å². The molecule has 1 aromatic heterocycles. The summed E-state index contributed by atoms with van der Waals surface area (Å²) in [5.41, 5.74) is 10.7. The smallest absolute Gasteiger partial charge is 0.312 e. The Bertz CT molecular complexity index is 437. The van der Waals surface area contributed by atoms with Crippen LogP contribution >= 0.6 is 15.9 Å². The predicted octanol–water partition coefficient (Wildman–Crippen LogP) is -0.176. The van der Waals surface area contributed by atoms with Gasteiger partial charge in [-0.05, 0) is 22.0 Å². The number of halogens is 1. The second-order valence-corrected chi connectivity index (χ2v) is 4.05. The summed E-state index contributed by atoms with van der Waals surface area (Å²) >= 11 is 3.19. The van der Waals surface area contributed by atoms with Crippen molar-refractivity contribution in [2.75, 3.05) is 18.8 Å². The molecule has 0 aliphatic carbocycles. The molecule has 8 heteroatoms. The summed E-state index contributed by atoms with van der Waals surface area (Å²) in [6.07, 6.45) is 1.50. The first kappa shape index (κ1) is 13.2. The van der Waals surface area contributed by atoms with Crippen LogP contribution in [0, 0.1) is 0 Å². The monoisotopic (exact) mass is 301 g/mol. The Kier molecular flexibility index (Phi) is 4.70. The van der Waals surface area contributed by atoms with E-state index in [9.17, 15) is 9.59 Å². The molecule has 0 aromatic carbocycles. The van der Waals surface area contributed by atoms with Crippen LogP contribution in [0.3, 0.4) is 0 Å². The molecule has 0 atom stereocenters. The number of hydrogen-bond donors (Lipinski definition) is 4. The molecule has 7 nitrogen and oxygen atoms in total. The van der Waals surface area contributed by atoms with Crippen molar-refractivity contribution in [1.29, 1.82) is 0 Å². The van der Waals surface area contributed by atoms with Crippen molar-refractivity contribution < 1.29 is 9.59 Å². The van der Waals surface area contributed by atoms with Crippen molar-refractivity contribution in [2.45, 2.75) is 0 Å². The molecular weight excluding hydrogens is 290 g/mol. The minimum atomic E-state index is -0.636. The molecule has 6 N–H and O–H groups in total. The molecule has 0 saturated heterocycles. The highest BCUT2D eigenvalue weighted by molar-refractivity contribution is 9.10. The fraction of sp³-hybridized carbons (Fsp3) is 0.222. The third kappa shape index (κ3) is 4.27. The van der Waals surface area contributed by atoms with Gasteiger partial charge < -0.3 is 22.1 Å². The summed E-state index contributed by atoms with van der Waals surface area (Å²) < 4.78 is 0.659. The molecule has 17 heavy (non-hydrogen) atoms. The normalized spacial score (nSPS) is 9.71. The van der Waals surface area contributed by atoms with Gasteiger partial charge in [0.1, 0.15) is 5.82 Å². The average molecular weight is 302 g/mol. The van der Waals surface area contributed by atoms with Gasteiger partial charge in [0.05, 0.1) is 5.56 Å². The zero-order chi connectivity index (χ0) is 12.8. The minimum absolute atomic E-state index is 0.147. The lowest BCUT2D eigenvalue weighted by molar-refractivity contribution is 0.0954. The third-order valence-electron chi connectivity index (χ3n) is 1.84. The first-order valence-electron chi connectivity index (χ1n) is 4.73. The van der Waals surface area contributed by atoms with Crippen LogP contribution in [0.2, 0.25) is 0 Å². The van der Waals surface area contributed by atoms with E-state index in [-0.39, 0.29) is 30.4 Å². The standard InChI is InChI=1S/C9H12BrN5O2/c10-5-3-6(7(11)15-4-5)8(16)13-1-2-14-9(12)17/h3-4H,1-2H2,(H2,11,15)(H,13,16)(H3,12,14,17). The van der Waals surface area contributed by atoms with Crippen LogP contribution in [0.15, 0.2) is 16.7 Å². The van der Waals surface area contributed by atoms with E-state index in [0.29, 0.717) is 4.47 Å². The van der Waals surface area contributed by atoms with Gasteiger partial charge in [0.2, 0.25) is 0 Å². The lowest BCUT2D eigenvalue weighted by atomic mass is 10.2. The lowest BCUT2D eigenvalue weighted by Gasteiger charge is -2.07. The number of rotatable bonds is 4. The number of primary amides is 1. The highest BCUT2D eigenvalue weighted by Crippen LogP contribution is 2.14. The Morgan fingerprint density at radius 1 is 1.35 bits per heavy atom. The van der Waals surface area contributed by atoms with E-state index in [2.05, 4.69) is 31.5 Å². The first-order chi connectivity index (χ1) is 8.00. The van der Waals surface area contributed by atoms with Crippen LogP contribution in [-0.4, -0.2) is 30.0 Å². The number of aromatic nitrogens is 1. The molecule has 3 amide bonds. The number of urea groups is 1. The summed E-state index contributed by atoms with van der Waals surface area (Å²) in [4.78, 5) is 25.9. The first-order valence-corrected chi connectivity index (χ1v) is 5.52. The van der Waals surface area contributed by atoms with E-state index in [4.69, 9.17) is 11.5 Å². The number of nitrogens with one attached hydrogen (secondary N) is 2. The summed E-state index contributed by atoms with van der Waals surface area (Å²) in [6, 6.07) is 0.932. The fourth-order valence-corrected chi connectivity index (χ4v) is 1.42. The fourth-order valence-electron chi connectivity index (χ4n) is 1.09. The maximum Gasteiger partial charge on any atom is 0.312 e. The zero-order valence-electron chi connectivity index (χ0n) is 8.87. The quantitative estimate of drug-likeness (QED) is 0.576. The molecule has 1 aromatic rings. The van der Waals surface area contributed by atoms with Gasteiger partial charge in [0, 0.05) is 23.8 Å². The maximum absolute atomic E-state index is 11.7. The molecule has 0 aliphatic heterocycles. The number of pyridine rings is 1. The Morgan fingerprint density at radius 3 is 2.65 bits per heavy atom. The number of hydrogen-bond acceptors (Lipinski definition) is 4. The second kappa shape index (κ2) is 6.04. The summed E-state index contributed by atoms with van der Waals surface area (Å²) in [5, 5.41) is 4.92. The Hall–Kier alpha value is -1.83. The molecule has 0 aliphatic rings. The Morgan fingerprint density at radius 2 is 2.00 bits per heavy atom. The van der Waals surface area contributed by atoms with Crippen molar-refractivity contribution in [2.24, 2.45) is 5.73 Å². The molecule has 0 fully saturated rings. The Labute approximate surface area is 106 Å². The number of anilines is 1. The number of carbonyl (C=O) groups excluding carboxylic acids is 2. The van der Waals surface area contributed by atoms with Crippen LogP contribution in [0.1, 0.15) is 10.4 Å². The van der Waals surface area contributed by atoms with Gasteiger partial charge in [0.25, 0.3) is 5.91 Å². The van der Waals surface area contributed by atoms with E-state index < -0.39 is 6.03 Å². The molecular formula is C9H12BrN5O2. The maximum atomic E-state index is 11.7. The highest BCUT2D eigenvalue weighted by Gasteiger charge is 2.10. The van der Waals surface area contributed by atoms with E-state index in [1.165, 1.54) is 6.20 Å². The topological polar surface area (TPSA) is 123 Å². The van der Waals surface area contributed by atoms with Crippen molar-refractivity contribution in [3.8, 4) is 0 Å². The molecule has 92 valence electrons. The third-order valence-corrected chi connectivity index (χ3v) is 2.27. The molecule has 0 radical (unpaired) electrons. The molecule has 0 unspecified atom stereocenters. The SMILES string of the molecule is NC(=O)NCCNC(=O)c1cc(Br)cnc1N. The van der Waals surface area contributed by atoms with Crippen LogP contribution < -0.4 is 22.1 Å². The van der Waals surface area contributed by atoms with Crippen molar-refractivity contribution in [3.63, 3.8) is 0 Å². The van der Waals surface area contributed by atoms with Gasteiger partial charge in [-0.25, -0.2) is 9.78 Å². The number of carbonyl (C=O) groups is 2. The summed E-state index contributed by atoms with van der Waals surface area (Å²) in [5.74, 6) is -0.212. The lowest BCUT2D eigenvalue weighted by Crippen LogP contribution is -2.37. The molecule has 1 rings (SSSR count). The van der Waals surface area contributed by atoms with Crippen molar-refractivity contribution >= 4 is 33.7 Å². The molecule has 0 spiro atoms. The van der Waals surface area contributed by atoms with Crippen molar-refractivity contribution in [3.05, 3.63) is 22.3 Å². The number of nitrogens with two attached hydrogens (primary N) is 2. The average Bonchev–Trinajstić information content (AvgIpc) is 2.27. The highest BCUT2D eigenvalue weighted by atomic mass is 79.9. The van der Waals surface area contributed by atoms with Crippen LogP contribution in [0.25, 0.3) is 0 Å². The van der Waals surface area contributed by atoms with Crippen LogP contribution in [0.5, 0.6) is 0 Å². The summed E-state index contributed by atoms with van der Waals surface area (Å²) in [7, 11) is 0. The minimum Gasteiger partial charge on any atom is -0.383 e. The van der Waals surface area contributed by atoms with Gasteiger partial charge in [0.15, 0.2) is 0 Å². The molecule has 1 heterocycles. The van der Waals surface area contributed by atoms with Crippen LogP contribution in [0.4, 0.5) is 10.6 Å². The van der Waals surface area contributed by atoms with Crippen LogP contribution in [-0.2, 0) is 0 Å². The van der Waals surface area contributed by atoms with Gasteiger partial charge in [-0.15, -0.1) is 0 Å². The summed E-state index contributed by atoms with van der Waals surface area (Å²) in [6.45, 7) is 0.510. The van der Waals surface area contributed by atoms with E-state index >= 15 is 0 Å². The van der Waals surface area contributed by atoms with Gasteiger partial charge in [-0.3, -0.25) is 4.79 Å². The zero-order valence-corrected chi connectivity index (χ0v) is 10.5. The van der Waals surface area contributed by atoms with E-state index in [1.807, 2.05) is 0 Å². The Balaban J connectivity index is 2.52. The van der Waals surface area contributed by atoms with Crippen molar-refractivity contribution in [1.82, 2.24) is 15.6 Å². The second-order valence-electron chi connectivity index (χ2n) is 3.13. The number of amides is 3. The molecule has 0 saturated carbocycles. The van der Waals surface area contributed by atoms with Gasteiger partial charge in [-0.1, -0.05) is 0 Å². The largest absolute Gasteiger partial charge is 0.383 e. The van der Waals surface area contributed by atoms with Gasteiger partial charge >= 0.3 is 6.03 Å². The predicted molar refractivity (Wildman–Crippen MR) is 66.3 cm³/mol.